The van der Waals surface area contributed by atoms with Crippen molar-refractivity contribution < 1.29 is 19.2 Å². The lowest BCUT2D eigenvalue weighted by Gasteiger charge is -2.36. The summed E-state index contributed by atoms with van der Waals surface area (Å²) in [6.45, 7) is 10.2. The van der Waals surface area contributed by atoms with E-state index in [9.17, 15) is 19.2 Å². The molecule has 0 spiro atoms. The van der Waals surface area contributed by atoms with Crippen molar-refractivity contribution in [3.63, 3.8) is 0 Å². The fraction of sp³-hybridized carbons (Fsp3) is 0.643. The highest BCUT2D eigenvalue weighted by atomic mass is 16.2. The Labute approximate surface area is 215 Å². The molecule has 0 bridgehead atoms. The second kappa shape index (κ2) is 11.0. The number of nitrogens with one attached hydrogen (secondary N) is 1. The summed E-state index contributed by atoms with van der Waals surface area (Å²) >= 11 is 0. The van der Waals surface area contributed by atoms with Crippen LogP contribution < -0.4 is 10.2 Å². The minimum atomic E-state index is -1.17. The molecule has 36 heavy (non-hydrogen) atoms. The summed E-state index contributed by atoms with van der Waals surface area (Å²) in [5, 5.41) is 2.99. The van der Waals surface area contributed by atoms with Crippen molar-refractivity contribution >= 4 is 29.2 Å². The number of likely N-dealkylation sites (tertiary alicyclic amines) is 2. The van der Waals surface area contributed by atoms with Crippen molar-refractivity contribution in [2.75, 3.05) is 32.1 Å². The van der Waals surface area contributed by atoms with Gasteiger partial charge >= 0.3 is 0 Å². The molecule has 8 heteroatoms. The zero-order valence-corrected chi connectivity index (χ0v) is 22.8. The van der Waals surface area contributed by atoms with Gasteiger partial charge in [-0.15, -0.1) is 0 Å². The Kier molecular flexibility index (Phi) is 8.47. The standard InChI is InChI=1S/C28H42N4O4/c1-8-9-19(4)26(35)32-17-23(33)24-22(32)14-15-31(24)27(36)28(5,16-18(2)3)29-25(34)20-10-12-21(13-11-20)30(6)7/h10-13,18-19,22,24H,8-9,14-17H2,1-7H3,(H,29,34)/t19?,22-,24+,28?/m1/s1. The van der Waals surface area contributed by atoms with Gasteiger partial charge in [0.1, 0.15) is 11.6 Å². The molecule has 2 saturated heterocycles. The molecular weight excluding hydrogens is 456 g/mol. The van der Waals surface area contributed by atoms with Crippen molar-refractivity contribution in [2.45, 2.75) is 77.9 Å². The first-order chi connectivity index (χ1) is 16.9. The number of anilines is 1. The number of amides is 3. The van der Waals surface area contributed by atoms with Crippen LogP contribution in [0.3, 0.4) is 0 Å². The van der Waals surface area contributed by atoms with Gasteiger partial charge in [-0.05, 0) is 56.4 Å². The van der Waals surface area contributed by atoms with E-state index in [2.05, 4.69) is 5.32 Å². The molecule has 1 aromatic rings. The van der Waals surface area contributed by atoms with E-state index in [0.717, 1.165) is 18.5 Å². The molecule has 2 aliphatic rings. The van der Waals surface area contributed by atoms with E-state index in [1.165, 1.54) is 0 Å². The van der Waals surface area contributed by atoms with Gasteiger partial charge in [0.25, 0.3) is 5.91 Å². The number of hydrogen-bond donors (Lipinski definition) is 1. The Bertz CT molecular complexity index is 990. The van der Waals surface area contributed by atoms with E-state index in [-0.39, 0.29) is 47.9 Å². The van der Waals surface area contributed by atoms with Crippen LogP contribution in [0, 0.1) is 11.8 Å². The lowest BCUT2D eigenvalue weighted by Crippen LogP contribution is -2.60. The molecule has 2 fully saturated rings. The fourth-order valence-corrected chi connectivity index (χ4v) is 5.74. The van der Waals surface area contributed by atoms with Gasteiger partial charge in [0.05, 0.1) is 12.6 Å². The van der Waals surface area contributed by atoms with E-state index in [4.69, 9.17) is 0 Å². The van der Waals surface area contributed by atoms with Gasteiger partial charge in [-0.1, -0.05) is 34.1 Å². The fourth-order valence-electron chi connectivity index (χ4n) is 5.74. The zero-order valence-electron chi connectivity index (χ0n) is 22.8. The summed E-state index contributed by atoms with van der Waals surface area (Å²) in [6, 6.07) is 6.30. The molecule has 198 valence electrons. The molecule has 1 N–H and O–H groups in total. The Morgan fingerprint density at radius 1 is 1.11 bits per heavy atom. The third kappa shape index (κ3) is 5.57. The lowest BCUT2D eigenvalue weighted by atomic mass is 9.88. The number of ketones is 1. The number of Topliss-reactive ketones (excluding diaryl/α,β-unsaturated/α-hetero) is 1. The Hall–Kier alpha value is -2.90. The molecule has 2 unspecified atom stereocenters. The van der Waals surface area contributed by atoms with Gasteiger partial charge in [0.2, 0.25) is 11.8 Å². The van der Waals surface area contributed by atoms with Gasteiger partial charge in [-0.3, -0.25) is 19.2 Å². The number of rotatable bonds is 9. The molecule has 2 aliphatic heterocycles. The maximum atomic E-state index is 14.0. The van der Waals surface area contributed by atoms with Gasteiger partial charge in [0, 0.05) is 37.8 Å². The first-order valence-corrected chi connectivity index (χ1v) is 13.1. The molecule has 1 aromatic carbocycles. The van der Waals surface area contributed by atoms with Crippen molar-refractivity contribution in [1.82, 2.24) is 15.1 Å². The maximum absolute atomic E-state index is 14.0. The van der Waals surface area contributed by atoms with Crippen molar-refractivity contribution in [3.05, 3.63) is 29.8 Å². The second-order valence-electron chi connectivity index (χ2n) is 11.2. The first-order valence-electron chi connectivity index (χ1n) is 13.1. The van der Waals surface area contributed by atoms with E-state index >= 15 is 0 Å². The van der Waals surface area contributed by atoms with Crippen LogP contribution in [0.1, 0.15) is 70.7 Å². The summed E-state index contributed by atoms with van der Waals surface area (Å²) in [6.07, 6.45) is 2.69. The monoisotopic (exact) mass is 498 g/mol. The minimum absolute atomic E-state index is 0.00795. The summed E-state index contributed by atoms with van der Waals surface area (Å²) in [4.78, 5) is 58.5. The third-order valence-electron chi connectivity index (χ3n) is 7.43. The van der Waals surface area contributed by atoms with Gasteiger partial charge < -0.3 is 20.0 Å². The molecule has 3 amide bonds. The molecule has 4 atom stereocenters. The maximum Gasteiger partial charge on any atom is 0.252 e. The third-order valence-corrected chi connectivity index (χ3v) is 7.43. The molecule has 2 heterocycles. The van der Waals surface area contributed by atoms with Crippen LogP contribution >= 0.6 is 0 Å². The lowest BCUT2D eigenvalue weighted by molar-refractivity contribution is -0.142. The SMILES string of the molecule is CCCC(C)C(=O)N1CC(=O)[C@@H]2[C@H]1CCN2C(=O)C(C)(CC(C)C)NC(=O)c1ccc(N(C)C)cc1. The molecule has 3 rings (SSSR count). The largest absolute Gasteiger partial charge is 0.378 e. The normalized spacial score (nSPS) is 21.8. The molecule has 0 radical (unpaired) electrons. The highest BCUT2D eigenvalue weighted by molar-refractivity contribution is 6.02. The van der Waals surface area contributed by atoms with E-state index in [0.29, 0.717) is 24.9 Å². The van der Waals surface area contributed by atoms with Crippen LogP contribution in [0.25, 0.3) is 0 Å². The zero-order chi connectivity index (χ0) is 26.8. The van der Waals surface area contributed by atoms with Crippen LogP contribution in [0.5, 0.6) is 0 Å². The van der Waals surface area contributed by atoms with Crippen LogP contribution in [0.4, 0.5) is 5.69 Å². The Morgan fingerprint density at radius 3 is 2.31 bits per heavy atom. The molecule has 0 saturated carbocycles. The molecule has 8 nitrogen and oxygen atoms in total. The van der Waals surface area contributed by atoms with Gasteiger partial charge in [0.15, 0.2) is 5.78 Å². The Balaban J connectivity index is 1.81. The average molecular weight is 499 g/mol. The smallest absolute Gasteiger partial charge is 0.252 e. The van der Waals surface area contributed by atoms with Crippen molar-refractivity contribution in [1.29, 1.82) is 0 Å². The van der Waals surface area contributed by atoms with Crippen molar-refractivity contribution in [3.8, 4) is 0 Å². The Morgan fingerprint density at radius 2 is 1.75 bits per heavy atom. The summed E-state index contributed by atoms with van der Waals surface area (Å²) in [5.41, 5.74) is 0.275. The average Bonchev–Trinajstić information content (AvgIpc) is 3.39. The number of carbonyl (C=O) groups is 4. The molecule has 0 aromatic heterocycles. The second-order valence-corrected chi connectivity index (χ2v) is 11.2. The first kappa shape index (κ1) is 27.7. The predicted molar refractivity (Wildman–Crippen MR) is 141 cm³/mol. The number of benzene rings is 1. The van der Waals surface area contributed by atoms with Gasteiger partial charge in [-0.2, -0.15) is 0 Å². The van der Waals surface area contributed by atoms with Gasteiger partial charge in [-0.25, -0.2) is 0 Å². The highest BCUT2D eigenvalue weighted by Gasteiger charge is 2.54. The van der Waals surface area contributed by atoms with Crippen molar-refractivity contribution in [2.24, 2.45) is 11.8 Å². The van der Waals surface area contributed by atoms with Crippen LogP contribution in [0.15, 0.2) is 24.3 Å². The summed E-state index contributed by atoms with van der Waals surface area (Å²) in [5.74, 6) is -0.690. The minimum Gasteiger partial charge on any atom is -0.378 e. The summed E-state index contributed by atoms with van der Waals surface area (Å²) < 4.78 is 0. The van der Waals surface area contributed by atoms with E-state index in [1.54, 1.807) is 28.9 Å². The number of carbonyl (C=O) groups excluding carboxylic acids is 4. The predicted octanol–water partition coefficient (Wildman–Crippen LogP) is 3.10. The number of hydrogen-bond acceptors (Lipinski definition) is 5. The van der Waals surface area contributed by atoms with Crippen LogP contribution in [0.2, 0.25) is 0 Å². The highest BCUT2D eigenvalue weighted by Crippen LogP contribution is 2.34. The van der Waals surface area contributed by atoms with E-state index in [1.807, 2.05) is 58.8 Å². The topological polar surface area (TPSA) is 90.0 Å². The van der Waals surface area contributed by atoms with Crippen LogP contribution in [-0.4, -0.2) is 78.1 Å². The number of nitrogens with zero attached hydrogens (tertiary/aromatic N) is 3. The van der Waals surface area contributed by atoms with E-state index < -0.39 is 11.6 Å². The molecule has 0 aliphatic carbocycles. The summed E-state index contributed by atoms with van der Waals surface area (Å²) in [7, 11) is 3.86. The number of fused-ring (bicyclic) bond motifs is 1. The van der Waals surface area contributed by atoms with Crippen LogP contribution in [-0.2, 0) is 14.4 Å². The quantitative estimate of drug-likeness (QED) is 0.565. The molecular formula is C28H42N4O4.